The molecule has 0 aliphatic heterocycles. The van der Waals surface area contributed by atoms with Gasteiger partial charge in [0, 0.05) is 0 Å². The minimum Gasteiger partial charge on any atom is -0.247 e. The van der Waals surface area contributed by atoms with Crippen LogP contribution in [0, 0.1) is 0 Å². The Hall–Kier alpha value is -1.60. The van der Waals surface area contributed by atoms with Gasteiger partial charge in [-0.2, -0.15) is 13.2 Å². The first-order valence-corrected chi connectivity index (χ1v) is 7.36. The highest BCUT2D eigenvalue weighted by molar-refractivity contribution is 5.47. The van der Waals surface area contributed by atoms with Crippen LogP contribution in [0.1, 0.15) is 27.7 Å². The number of allylic oxidation sites excluding steroid dienone is 4. The highest BCUT2D eigenvalue weighted by atomic mass is 19.4. The minimum absolute atomic E-state index is 0.458. The third-order valence-electron chi connectivity index (χ3n) is 4.51. The van der Waals surface area contributed by atoms with Crippen molar-refractivity contribution in [3.05, 3.63) is 48.6 Å². The summed E-state index contributed by atoms with van der Waals surface area (Å²) in [5, 5.41) is 0. The van der Waals surface area contributed by atoms with E-state index in [4.69, 9.17) is 0 Å². The molecule has 0 spiro atoms. The van der Waals surface area contributed by atoms with Crippen molar-refractivity contribution >= 4 is 0 Å². The topological polar surface area (TPSA) is 0 Å². The lowest BCUT2D eigenvalue weighted by Crippen LogP contribution is -2.74. The van der Waals surface area contributed by atoms with Gasteiger partial charge in [0.2, 0.25) is 17.0 Å². The first-order valence-electron chi connectivity index (χ1n) is 7.36. The Bertz CT molecular complexity index is 634. The van der Waals surface area contributed by atoms with Crippen molar-refractivity contribution in [2.24, 2.45) is 0 Å². The average Bonchev–Trinajstić information content (AvgIpc) is 2.49. The molecule has 0 amide bonds. The van der Waals surface area contributed by atoms with Crippen LogP contribution >= 0.6 is 0 Å². The van der Waals surface area contributed by atoms with Crippen LogP contribution in [0.2, 0.25) is 0 Å². The van der Waals surface area contributed by atoms with Gasteiger partial charge in [-0.05, 0) is 50.0 Å². The van der Waals surface area contributed by atoms with Crippen molar-refractivity contribution in [2.45, 2.75) is 56.5 Å². The molecule has 0 heterocycles. The van der Waals surface area contributed by atoms with Crippen molar-refractivity contribution < 1.29 is 35.1 Å². The van der Waals surface area contributed by atoms with Crippen LogP contribution in [0.5, 0.6) is 0 Å². The van der Waals surface area contributed by atoms with Crippen LogP contribution in [-0.2, 0) is 0 Å². The van der Waals surface area contributed by atoms with E-state index in [1.165, 1.54) is 0 Å². The van der Waals surface area contributed by atoms with E-state index >= 15 is 17.6 Å². The van der Waals surface area contributed by atoms with Crippen molar-refractivity contribution in [1.82, 2.24) is 0 Å². The van der Waals surface area contributed by atoms with E-state index in [1.54, 1.807) is 0 Å². The number of hydrogen-bond donors (Lipinski definition) is 0. The van der Waals surface area contributed by atoms with Gasteiger partial charge >= 0.3 is 6.18 Å². The summed E-state index contributed by atoms with van der Waals surface area (Å²) in [4.78, 5) is 0. The molecule has 0 aromatic rings. The second-order valence-corrected chi connectivity index (χ2v) is 6.53. The fourth-order valence-corrected chi connectivity index (χ4v) is 2.96. The van der Waals surface area contributed by atoms with Crippen molar-refractivity contribution in [2.75, 3.05) is 6.67 Å². The summed E-state index contributed by atoms with van der Waals surface area (Å²) in [7, 11) is 0. The zero-order chi connectivity index (χ0) is 21.5. The van der Waals surface area contributed by atoms with Gasteiger partial charge in [0.1, 0.15) is 6.67 Å². The van der Waals surface area contributed by atoms with E-state index in [2.05, 4.69) is 26.3 Å². The van der Waals surface area contributed by atoms with E-state index in [1.807, 2.05) is 0 Å². The smallest absolute Gasteiger partial charge is 0.247 e. The van der Waals surface area contributed by atoms with Gasteiger partial charge in [0.05, 0.1) is 0 Å². The zero-order valence-corrected chi connectivity index (χ0v) is 15.1. The molecule has 0 saturated carbocycles. The molecular weight excluding hydrogens is 368 g/mol. The highest BCUT2D eigenvalue weighted by Gasteiger charge is 2.82. The molecule has 4 unspecified atom stereocenters. The molecule has 0 nitrogen and oxygen atoms in total. The summed E-state index contributed by atoms with van der Waals surface area (Å²) in [6, 6.07) is 0. The zero-order valence-electron chi connectivity index (χ0n) is 15.1. The molecule has 0 saturated heterocycles. The van der Waals surface area contributed by atoms with Gasteiger partial charge in [-0.25, -0.2) is 22.0 Å². The molecule has 0 fully saturated rings. The highest BCUT2D eigenvalue weighted by Crippen LogP contribution is 2.62. The maximum Gasteiger partial charge on any atom is 0.430 e. The van der Waals surface area contributed by atoms with E-state index in [0.717, 1.165) is 6.92 Å². The van der Waals surface area contributed by atoms with E-state index in [9.17, 15) is 17.6 Å². The maximum absolute atomic E-state index is 15.9. The van der Waals surface area contributed by atoms with Gasteiger partial charge in [0.25, 0.3) is 5.67 Å². The van der Waals surface area contributed by atoms with Gasteiger partial charge in [0.15, 0.2) is 0 Å². The van der Waals surface area contributed by atoms with Crippen LogP contribution in [-0.4, -0.2) is 35.5 Å². The van der Waals surface area contributed by atoms with Crippen molar-refractivity contribution in [3.63, 3.8) is 0 Å². The number of halogens is 8. The Morgan fingerprint density at radius 2 is 0.885 bits per heavy atom. The predicted octanol–water partition coefficient (Wildman–Crippen LogP) is 6.66. The van der Waals surface area contributed by atoms with Crippen LogP contribution in [0.25, 0.3) is 0 Å². The monoisotopic (exact) mass is 390 g/mol. The summed E-state index contributed by atoms with van der Waals surface area (Å²) >= 11 is 0. The lowest BCUT2D eigenvalue weighted by atomic mass is 9.59. The molecule has 0 aliphatic rings. The predicted molar refractivity (Wildman–Crippen MR) is 86.6 cm³/mol. The summed E-state index contributed by atoms with van der Waals surface area (Å²) in [6.45, 7) is 11.6. The van der Waals surface area contributed by atoms with E-state index in [-0.39, 0.29) is 0 Å². The molecule has 0 rings (SSSR count). The van der Waals surface area contributed by atoms with E-state index < -0.39 is 57.8 Å². The lowest BCUT2D eigenvalue weighted by Gasteiger charge is -2.53. The Labute approximate surface area is 148 Å². The summed E-state index contributed by atoms with van der Waals surface area (Å²) in [5.74, 6) is 0. The lowest BCUT2D eigenvalue weighted by molar-refractivity contribution is -0.277. The molecule has 0 aliphatic carbocycles. The Morgan fingerprint density at radius 1 is 0.577 bits per heavy atom. The Balaban J connectivity index is 7.56. The van der Waals surface area contributed by atoms with Crippen LogP contribution < -0.4 is 0 Å². The third-order valence-corrected chi connectivity index (χ3v) is 4.51. The molecule has 0 aromatic carbocycles. The second kappa shape index (κ2) is 6.85. The Kier molecular flexibility index (Phi) is 6.43. The number of rotatable bonds is 8. The summed E-state index contributed by atoms with van der Waals surface area (Å²) in [6.07, 6.45) is -6.06. The van der Waals surface area contributed by atoms with Gasteiger partial charge in [-0.15, -0.1) is 0 Å². The van der Waals surface area contributed by atoms with Crippen molar-refractivity contribution in [1.29, 1.82) is 0 Å². The Morgan fingerprint density at radius 3 is 1.04 bits per heavy atom. The molecule has 0 radical (unpaired) electrons. The van der Waals surface area contributed by atoms with Gasteiger partial charge in [-0.1, -0.05) is 26.3 Å². The van der Waals surface area contributed by atoms with Gasteiger partial charge in [-0.3, -0.25) is 0 Å². The standard InChI is InChI=1S/C18H22F8/c1-10(2)14(20,9-19)15(21,11(3)4)16(22,12(5)6)17(23,13(7)8)18(24,25)26/h1,3,5,7,9H2,2,4,6,8H3. The number of alkyl halides is 8. The maximum atomic E-state index is 15.9. The quantitative estimate of drug-likeness (QED) is 0.321. The summed E-state index contributed by atoms with van der Waals surface area (Å²) in [5.41, 5.74) is -23.6. The molecule has 4 atom stereocenters. The first kappa shape index (κ1) is 24.4. The van der Waals surface area contributed by atoms with Crippen LogP contribution in [0.3, 0.4) is 0 Å². The average molecular weight is 390 g/mol. The van der Waals surface area contributed by atoms with Crippen LogP contribution in [0.15, 0.2) is 48.6 Å². The molecule has 0 aromatic heterocycles. The molecule has 8 heteroatoms. The fourth-order valence-electron chi connectivity index (χ4n) is 2.96. The second-order valence-electron chi connectivity index (χ2n) is 6.53. The normalized spacial score (nSPS) is 21.5. The fraction of sp³-hybridized carbons (Fsp3) is 0.556. The summed E-state index contributed by atoms with van der Waals surface area (Å²) < 4.78 is 116. The number of hydrogen-bond acceptors (Lipinski definition) is 0. The van der Waals surface area contributed by atoms with Gasteiger partial charge < -0.3 is 0 Å². The van der Waals surface area contributed by atoms with Crippen molar-refractivity contribution in [3.8, 4) is 0 Å². The molecule has 150 valence electrons. The third kappa shape index (κ3) is 2.72. The molecular formula is C18H22F8. The first-order chi connectivity index (χ1) is 11.3. The largest absolute Gasteiger partial charge is 0.430 e. The van der Waals surface area contributed by atoms with E-state index in [0.29, 0.717) is 20.8 Å². The SMILES string of the molecule is C=C(C)C(F)(CF)C(F)(C(=C)C)C(F)(C(=C)C)C(F)(C(=C)C)C(F)(F)F. The molecule has 0 N–H and O–H groups in total. The molecule has 26 heavy (non-hydrogen) atoms. The molecule has 0 bridgehead atoms. The van der Waals surface area contributed by atoms with Crippen LogP contribution in [0.4, 0.5) is 35.1 Å². The minimum atomic E-state index is -6.06.